The third-order valence-electron chi connectivity index (χ3n) is 5.15. The molecule has 4 rings (SSSR count). The van der Waals surface area contributed by atoms with Crippen LogP contribution in [0.3, 0.4) is 0 Å². The Morgan fingerprint density at radius 2 is 1.97 bits per heavy atom. The highest BCUT2D eigenvalue weighted by Gasteiger charge is 2.38. The number of carbonyl (C=O) groups excluding carboxylic acids is 1. The lowest BCUT2D eigenvalue weighted by molar-refractivity contribution is -0.139. The number of carbonyl (C=O) groups is 1. The van der Waals surface area contributed by atoms with Crippen molar-refractivity contribution in [3.05, 3.63) is 99.3 Å². The number of rotatable bonds is 5. The van der Waals surface area contributed by atoms with Crippen molar-refractivity contribution >= 4 is 5.97 Å². The van der Waals surface area contributed by atoms with Gasteiger partial charge in [0.05, 0.1) is 24.6 Å². The van der Waals surface area contributed by atoms with E-state index in [9.17, 15) is 9.59 Å². The van der Waals surface area contributed by atoms with Crippen LogP contribution in [-0.2, 0) is 16.1 Å². The van der Waals surface area contributed by atoms with Crippen LogP contribution in [0.25, 0.3) is 0 Å². The molecule has 8 nitrogen and oxygen atoms in total. The molecule has 0 aromatic carbocycles. The van der Waals surface area contributed by atoms with Gasteiger partial charge in [-0.15, -0.1) is 0 Å². The highest BCUT2D eigenvalue weighted by molar-refractivity contribution is 5.92. The van der Waals surface area contributed by atoms with Crippen LogP contribution >= 0.6 is 0 Å². The number of aryl methyl sites for hydroxylation is 1. The molecule has 158 valence electrons. The lowest BCUT2D eigenvalue weighted by Gasteiger charge is -2.29. The van der Waals surface area contributed by atoms with Gasteiger partial charge in [0.1, 0.15) is 11.3 Å². The molecule has 1 unspecified atom stereocenters. The summed E-state index contributed by atoms with van der Waals surface area (Å²) in [7, 11) is 0. The highest BCUT2D eigenvalue weighted by atomic mass is 16.5. The van der Waals surface area contributed by atoms with Gasteiger partial charge in [-0.05, 0) is 37.1 Å². The molecule has 3 aromatic rings. The zero-order valence-corrected chi connectivity index (χ0v) is 17.2. The topological polar surface area (TPSA) is 109 Å². The Labute approximate surface area is 179 Å². The summed E-state index contributed by atoms with van der Waals surface area (Å²) in [5.74, 6) is -1.14. The van der Waals surface area contributed by atoms with Crippen LogP contribution in [0.5, 0.6) is 5.75 Å². The Balaban J connectivity index is 1.92. The highest BCUT2D eigenvalue weighted by Crippen LogP contribution is 2.41. The molecule has 3 aromatic heterocycles. The van der Waals surface area contributed by atoms with Gasteiger partial charge in [0.2, 0.25) is 5.88 Å². The van der Waals surface area contributed by atoms with Crippen molar-refractivity contribution in [2.24, 2.45) is 5.73 Å². The maximum Gasteiger partial charge on any atom is 0.340 e. The molecule has 2 N–H and O–H groups in total. The lowest BCUT2D eigenvalue weighted by atomic mass is 9.84. The average molecular weight is 418 g/mol. The van der Waals surface area contributed by atoms with E-state index in [2.05, 4.69) is 9.97 Å². The van der Waals surface area contributed by atoms with Gasteiger partial charge in [-0.3, -0.25) is 14.8 Å². The molecule has 8 heteroatoms. The minimum absolute atomic E-state index is 0.0800. The van der Waals surface area contributed by atoms with Crippen LogP contribution in [0.2, 0.25) is 0 Å². The van der Waals surface area contributed by atoms with Gasteiger partial charge in [0.25, 0.3) is 5.56 Å². The van der Waals surface area contributed by atoms with Crippen LogP contribution in [0.15, 0.2) is 71.4 Å². The number of hydrogen-bond acceptors (Lipinski definition) is 7. The summed E-state index contributed by atoms with van der Waals surface area (Å²) in [5, 5.41) is 0. The third-order valence-corrected chi connectivity index (χ3v) is 5.15. The van der Waals surface area contributed by atoms with Crippen molar-refractivity contribution in [1.29, 1.82) is 0 Å². The van der Waals surface area contributed by atoms with E-state index >= 15 is 0 Å². The third kappa shape index (κ3) is 3.79. The smallest absolute Gasteiger partial charge is 0.340 e. The standard InChI is InChI=1S/C23H22N4O4/c1-3-30-23(29)20-18(16-7-5-9-26-12-16)19-17(31-21(20)24)10-14(2)27(22(19)28)13-15-6-4-8-25-11-15/h4-12,18H,3,13,24H2,1-2H3. The van der Waals surface area contributed by atoms with E-state index in [4.69, 9.17) is 15.2 Å². The van der Waals surface area contributed by atoms with Gasteiger partial charge in [0, 0.05) is 36.5 Å². The van der Waals surface area contributed by atoms with Gasteiger partial charge in [-0.1, -0.05) is 12.1 Å². The number of nitrogens with two attached hydrogens (primary N) is 1. The quantitative estimate of drug-likeness (QED) is 0.633. The van der Waals surface area contributed by atoms with Gasteiger partial charge >= 0.3 is 5.97 Å². The van der Waals surface area contributed by atoms with Crippen molar-refractivity contribution < 1.29 is 14.3 Å². The number of pyridine rings is 3. The summed E-state index contributed by atoms with van der Waals surface area (Å²) in [5.41, 5.74) is 8.49. The van der Waals surface area contributed by atoms with Crippen LogP contribution in [0.1, 0.15) is 35.2 Å². The predicted octanol–water partition coefficient (Wildman–Crippen LogP) is 2.25. The first-order valence-electron chi connectivity index (χ1n) is 9.89. The van der Waals surface area contributed by atoms with E-state index in [1.54, 1.807) is 54.5 Å². The summed E-state index contributed by atoms with van der Waals surface area (Å²) in [6.07, 6.45) is 6.62. The van der Waals surface area contributed by atoms with Crippen LogP contribution < -0.4 is 16.0 Å². The molecular formula is C23H22N4O4. The molecule has 0 radical (unpaired) electrons. The van der Waals surface area contributed by atoms with Crippen LogP contribution in [-0.4, -0.2) is 27.1 Å². The molecule has 0 bridgehead atoms. The Morgan fingerprint density at radius 3 is 2.61 bits per heavy atom. The number of nitrogens with zero attached hydrogens (tertiary/aromatic N) is 3. The number of fused-ring (bicyclic) bond motifs is 1. The van der Waals surface area contributed by atoms with Crippen LogP contribution in [0, 0.1) is 6.92 Å². The largest absolute Gasteiger partial charge is 0.462 e. The molecule has 0 amide bonds. The zero-order valence-electron chi connectivity index (χ0n) is 17.2. The Morgan fingerprint density at radius 1 is 1.23 bits per heavy atom. The molecule has 4 heterocycles. The second-order valence-corrected chi connectivity index (χ2v) is 7.14. The summed E-state index contributed by atoms with van der Waals surface area (Å²) in [4.78, 5) is 34.7. The SMILES string of the molecule is CCOC(=O)C1=C(N)Oc2cc(C)n(Cc3cccnc3)c(=O)c2C1c1cccnc1. The van der Waals surface area contributed by atoms with E-state index in [0.29, 0.717) is 29.1 Å². The predicted molar refractivity (Wildman–Crippen MR) is 113 cm³/mol. The van der Waals surface area contributed by atoms with Crippen molar-refractivity contribution in [3.63, 3.8) is 0 Å². The maximum atomic E-state index is 13.7. The fraction of sp³-hybridized carbons (Fsp3) is 0.217. The van der Waals surface area contributed by atoms with Gasteiger partial charge in [0.15, 0.2) is 0 Å². The minimum atomic E-state index is -0.759. The van der Waals surface area contributed by atoms with E-state index in [-0.39, 0.29) is 23.6 Å². The zero-order chi connectivity index (χ0) is 22.0. The monoisotopic (exact) mass is 418 g/mol. The fourth-order valence-electron chi connectivity index (χ4n) is 3.74. The van der Waals surface area contributed by atoms with Gasteiger partial charge < -0.3 is 19.8 Å². The van der Waals surface area contributed by atoms with Crippen molar-refractivity contribution in [1.82, 2.24) is 14.5 Å². The first-order chi connectivity index (χ1) is 15.0. The first kappa shape index (κ1) is 20.3. The number of ether oxygens (including phenoxy) is 2. The van der Waals surface area contributed by atoms with Crippen LogP contribution in [0.4, 0.5) is 0 Å². The second kappa shape index (κ2) is 8.43. The van der Waals surface area contributed by atoms with Gasteiger partial charge in [-0.25, -0.2) is 4.79 Å². The van der Waals surface area contributed by atoms with Crippen molar-refractivity contribution in [2.75, 3.05) is 6.61 Å². The molecule has 1 aliphatic rings. The summed E-state index contributed by atoms with van der Waals surface area (Å²) in [6.45, 7) is 4.03. The molecule has 0 saturated heterocycles. The maximum absolute atomic E-state index is 13.7. The summed E-state index contributed by atoms with van der Waals surface area (Å²) in [6, 6.07) is 9.01. The number of esters is 1. The summed E-state index contributed by atoms with van der Waals surface area (Å²) < 4.78 is 12.6. The van der Waals surface area contributed by atoms with Gasteiger partial charge in [-0.2, -0.15) is 0 Å². The second-order valence-electron chi connectivity index (χ2n) is 7.14. The molecule has 0 aliphatic carbocycles. The molecule has 0 fully saturated rings. The van der Waals surface area contributed by atoms with E-state index in [1.807, 2.05) is 19.1 Å². The molecular weight excluding hydrogens is 396 g/mol. The molecule has 31 heavy (non-hydrogen) atoms. The summed E-state index contributed by atoms with van der Waals surface area (Å²) >= 11 is 0. The normalized spacial score (nSPS) is 15.2. The van der Waals surface area contributed by atoms with E-state index in [1.165, 1.54) is 0 Å². The molecule has 0 saturated carbocycles. The molecule has 1 aliphatic heterocycles. The fourth-order valence-corrected chi connectivity index (χ4v) is 3.74. The number of hydrogen-bond donors (Lipinski definition) is 1. The Bertz CT molecular complexity index is 1200. The van der Waals surface area contributed by atoms with E-state index < -0.39 is 11.9 Å². The Kier molecular flexibility index (Phi) is 5.53. The average Bonchev–Trinajstić information content (AvgIpc) is 2.77. The van der Waals surface area contributed by atoms with Crippen molar-refractivity contribution in [2.45, 2.75) is 26.3 Å². The number of aromatic nitrogens is 3. The van der Waals surface area contributed by atoms with Crippen molar-refractivity contribution in [3.8, 4) is 5.75 Å². The molecule has 0 spiro atoms. The minimum Gasteiger partial charge on any atom is -0.462 e. The molecule has 1 atom stereocenters. The Hall–Kier alpha value is -3.94. The lowest BCUT2D eigenvalue weighted by Crippen LogP contribution is -2.35. The first-order valence-corrected chi connectivity index (χ1v) is 9.89. The van der Waals surface area contributed by atoms with E-state index in [0.717, 1.165) is 5.56 Å².